The minimum atomic E-state index is -2.48. The molecular weight excluding hydrogens is 1090 g/mol. The molecule has 78 heavy (non-hydrogen) atoms. The summed E-state index contributed by atoms with van der Waals surface area (Å²) in [5.74, 6) is -52.6. The molecule has 7 heterocycles. The van der Waals surface area contributed by atoms with Crippen LogP contribution in [0.2, 0.25) is 0 Å². The Bertz CT molecular complexity index is 2560. The topological polar surface area (TPSA) is 81.3 Å². The van der Waals surface area contributed by atoms with Crippen LogP contribution in [-0.2, 0) is 0 Å². The van der Waals surface area contributed by atoms with Crippen molar-refractivity contribution < 1.29 is 98.4 Å². The highest BCUT2D eigenvalue weighted by Crippen LogP contribution is 2.47. The first-order chi connectivity index (χ1) is 37.0. The number of rotatable bonds is 4. The fraction of sp³-hybridized carbons (Fsp3) is 0.538. The maximum atomic E-state index is 16.2. The molecule has 16 atom stereocenters. The van der Waals surface area contributed by atoms with Crippen LogP contribution in [0.3, 0.4) is 0 Å². The van der Waals surface area contributed by atoms with Crippen LogP contribution >= 0.6 is 0 Å². The lowest BCUT2D eigenvalue weighted by Crippen LogP contribution is -2.95. The highest BCUT2D eigenvalue weighted by molar-refractivity contribution is 5.36. The highest BCUT2D eigenvalue weighted by atomic mass is 19.2. The molecule has 16 unspecified atom stereocenters. The van der Waals surface area contributed by atoms with Gasteiger partial charge in [0.2, 0.25) is 23.3 Å². The zero-order valence-electron chi connectivity index (χ0n) is 40.4. The van der Waals surface area contributed by atoms with Crippen molar-refractivity contribution in [2.75, 3.05) is 0 Å². The Labute approximate surface area is 430 Å². The van der Waals surface area contributed by atoms with E-state index in [1.165, 1.54) is 0 Å². The zero-order chi connectivity index (χ0) is 55.8. The van der Waals surface area contributed by atoms with Crippen molar-refractivity contribution in [2.24, 2.45) is 0 Å². The summed E-state index contributed by atoms with van der Waals surface area (Å²) in [6.45, 7) is 0. The summed E-state index contributed by atoms with van der Waals surface area (Å²) in [7, 11) is 0. The van der Waals surface area contributed by atoms with Gasteiger partial charge in [-0.1, -0.05) is 0 Å². The number of benzene rings is 4. The van der Waals surface area contributed by atoms with Gasteiger partial charge in [-0.15, -0.1) is 0 Å². The Morgan fingerprint density at radius 2 is 0.359 bits per heavy atom. The first kappa shape index (κ1) is 55.2. The van der Waals surface area contributed by atoms with Crippen LogP contribution in [-0.4, -0.2) is 72.5 Å². The van der Waals surface area contributed by atoms with E-state index in [4.69, 9.17) is 0 Å². The fourth-order valence-electron chi connectivity index (χ4n) is 15.1. The van der Waals surface area contributed by atoms with Crippen molar-refractivity contribution in [2.45, 2.75) is 173 Å². The number of halogens is 20. The van der Waals surface area contributed by atoms with E-state index < -0.39 is 235 Å². The molecule has 12 bridgehead atoms. The second-order valence-electron chi connectivity index (χ2n) is 22.1. The average Bonchev–Trinajstić information content (AvgIpc) is 4.32. The van der Waals surface area contributed by atoms with E-state index >= 15 is 70.2 Å². The fourth-order valence-corrected chi connectivity index (χ4v) is 15.1. The summed E-state index contributed by atoms with van der Waals surface area (Å²) in [5, 5.41) is 15.6. The van der Waals surface area contributed by atoms with Crippen molar-refractivity contribution in [1.82, 2.24) is 21.3 Å². The van der Waals surface area contributed by atoms with Crippen LogP contribution < -0.4 is 31.9 Å². The molecule has 0 radical (unpaired) electrons. The van der Waals surface area contributed by atoms with Gasteiger partial charge in [-0.25, -0.2) is 87.8 Å². The van der Waals surface area contributed by atoms with Crippen molar-refractivity contribution in [1.29, 1.82) is 0 Å². The molecule has 4 aromatic carbocycles. The molecule has 11 rings (SSSR count). The summed E-state index contributed by atoms with van der Waals surface area (Å²) >= 11 is 0. The molecule has 7 aliphatic rings. The van der Waals surface area contributed by atoms with Crippen LogP contribution in [0.1, 0.15) is 123 Å². The van der Waals surface area contributed by atoms with Gasteiger partial charge in [0, 0.05) is 96.0 Å². The lowest BCUT2D eigenvalue weighted by atomic mass is 9.82. The average molecular weight is 1140 g/mol. The van der Waals surface area contributed by atoms with Crippen molar-refractivity contribution in [3.8, 4) is 0 Å². The number of fused-ring (bicyclic) bond motifs is 14. The molecule has 7 aliphatic heterocycles. The summed E-state index contributed by atoms with van der Waals surface area (Å²) in [6, 6.07) is -13.0. The SMILES string of the molecule is Fc1c(F)c(F)c(C2C3CCC(N3)C3CCC([NH2+]3)C(c3c(F)c(F)c(F)c(F)c3F)C3CCC(N3)C(c3c(F)c(F)c(F)c(F)c3F)C3CCC(N3)C3CCC([NH2+]3)C(c3c(F)c(F)c(F)c(F)c3F)C3CCC2N3)c(F)c1F. The molecule has 0 aliphatic carbocycles. The van der Waals surface area contributed by atoms with Crippen molar-refractivity contribution >= 4 is 0 Å². The minimum Gasteiger partial charge on any atom is -0.340 e. The summed E-state index contributed by atoms with van der Waals surface area (Å²) in [6.07, 6.45) is -0.836. The maximum Gasteiger partial charge on any atom is 0.200 e. The number of nitrogens with two attached hydrogens (primary N) is 2. The predicted molar refractivity (Wildman–Crippen MR) is 233 cm³/mol. The third kappa shape index (κ3) is 8.68. The Hall–Kier alpha value is -4.76. The maximum absolute atomic E-state index is 16.2. The van der Waals surface area contributed by atoms with Gasteiger partial charge >= 0.3 is 0 Å². The Morgan fingerprint density at radius 1 is 0.192 bits per heavy atom. The van der Waals surface area contributed by atoms with Gasteiger partial charge in [-0.2, -0.15) is 0 Å². The smallest absolute Gasteiger partial charge is 0.200 e. The standard InChI is InChI=1S/C52H46F20N6/c53-33-29(34(54)42(62)49(69)41(33)61)25-17-5-1-13(73-17)14-2-6-18(74-14)26(30-35(55)43(63)50(70)44(64)36(30)56)22-11-12-24(78-22)28(32-39(59)47(67)52(72)48(68)40(32)60)20-8-4-16(76-20)15-3-7-19(75-15)27(23-10-9-21(25)77-23)31-37(57)45(65)51(71)46(66)38(31)58/h13-28,73-78H,1-12H2/p+2. The van der Waals surface area contributed by atoms with E-state index in [0.29, 0.717) is 0 Å². The van der Waals surface area contributed by atoms with E-state index in [9.17, 15) is 17.6 Å². The second kappa shape index (κ2) is 20.7. The largest absolute Gasteiger partial charge is 0.340 e. The van der Waals surface area contributed by atoms with E-state index in [-0.39, 0.29) is 77.0 Å². The molecule has 0 amide bonds. The van der Waals surface area contributed by atoms with Gasteiger partial charge in [-0.05, 0) is 51.4 Å². The van der Waals surface area contributed by atoms with Crippen LogP contribution in [0.4, 0.5) is 87.8 Å². The van der Waals surface area contributed by atoms with Crippen LogP contribution in [0, 0.1) is 116 Å². The first-order valence-corrected chi connectivity index (χ1v) is 25.8. The molecule has 4 aromatic rings. The minimum absolute atomic E-state index is 0.0431. The number of nitrogens with one attached hydrogen (secondary N) is 4. The van der Waals surface area contributed by atoms with E-state index in [2.05, 4.69) is 21.3 Å². The lowest BCUT2D eigenvalue weighted by molar-refractivity contribution is -0.707. The Balaban J connectivity index is 1.04. The first-order valence-electron chi connectivity index (χ1n) is 25.8. The molecule has 7 saturated heterocycles. The summed E-state index contributed by atoms with van der Waals surface area (Å²) < 4.78 is 309. The summed E-state index contributed by atoms with van der Waals surface area (Å²) in [4.78, 5) is 0. The molecule has 0 aromatic heterocycles. The molecule has 7 fully saturated rings. The van der Waals surface area contributed by atoms with Gasteiger partial charge in [0.25, 0.3) is 0 Å². The lowest BCUT2D eigenvalue weighted by Gasteiger charge is -2.35. The normalized spacial score (nSPS) is 34.0. The van der Waals surface area contributed by atoms with Crippen LogP contribution in [0.5, 0.6) is 0 Å². The Morgan fingerprint density at radius 3 is 0.603 bits per heavy atom. The molecule has 424 valence electrons. The van der Waals surface area contributed by atoms with Crippen LogP contribution in [0.25, 0.3) is 0 Å². The monoisotopic (exact) mass is 1140 g/mol. The van der Waals surface area contributed by atoms with E-state index in [1.807, 2.05) is 0 Å². The quantitative estimate of drug-likeness (QED) is 0.0704. The highest BCUT2D eigenvalue weighted by Gasteiger charge is 2.55. The van der Waals surface area contributed by atoms with Crippen molar-refractivity contribution in [3.05, 3.63) is 139 Å². The number of hydrogen-bond donors (Lipinski definition) is 6. The molecule has 26 heteroatoms. The van der Waals surface area contributed by atoms with Gasteiger partial charge in [0.15, 0.2) is 93.1 Å². The van der Waals surface area contributed by atoms with Gasteiger partial charge in [-0.3, -0.25) is 0 Å². The van der Waals surface area contributed by atoms with Crippen LogP contribution in [0.15, 0.2) is 0 Å². The molecule has 0 saturated carbocycles. The van der Waals surface area contributed by atoms with E-state index in [0.717, 1.165) is 0 Å². The molecule has 6 nitrogen and oxygen atoms in total. The Kier molecular flexibility index (Phi) is 14.6. The van der Waals surface area contributed by atoms with Crippen molar-refractivity contribution in [3.63, 3.8) is 0 Å². The van der Waals surface area contributed by atoms with Gasteiger partial charge in [0.1, 0.15) is 12.1 Å². The third-order valence-corrected chi connectivity index (χ3v) is 18.4. The summed E-state index contributed by atoms with van der Waals surface area (Å²) in [5.41, 5.74) is -5.06. The molecule has 8 N–H and O–H groups in total. The second-order valence-corrected chi connectivity index (χ2v) is 22.1. The third-order valence-electron chi connectivity index (χ3n) is 18.4. The number of quaternary nitrogens is 2. The number of hydrogen-bond acceptors (Lipinski definition) is 4. The zero-order valence-corrected chi connectivity index (χ0v) is 40.4. The van der Waals surface area contributed by atoms with E-state index in [1.54, 1.807) is 10.6 Å². The van der Waals surface area contributed by atoms with Gasteiger partial charge < -0.3 is 31.9 Å². The predicted octanol–water partition coefficient (Wildman–Crippen LogP) is 8.59. The molecule has 0 spiro atoms. The van der Waals surface area contributed by atoms with Gasteiger partial charge in [0.05, 0.1) is 36.0 Å². The molecular formula is C52H48F20N6+2.